The number of hydrogen-bond acceptors (Lipinski definition) is 4. The predicted octanol–water partition coefficient (Wildman–Crippen LogP) is 3.45. The largest absolute Gasteiger partial charge is 0.327 e. The van der Waals surface area contributed by atoms with Crippen LogP contribution in [0.15, 0.2) is 12.2 Å². The summed E-state index contributed by atoms with van der Waals surface area (Å²) in [5, 5.41) is 0. The quantitative estimate of drug-likeness (QED) is 0.397. The molecule has 1 atom stereocenters. The van der Waals surface area contributed by atoms with Gasteiger partial charge in [-0.05, 0) is 25.7 Å². The van der Waals surface area contributed by atoms with Crippen LogP contribution < -0.4 is 0 Å². The first-order chi connectivity index (χ1) is 6.60. The second-order valence-corrected chi connectivity index (χ2v) is 9.50. The normalized spacial score (nSPS) is 15.4. The van der Waals surface area contributed by atoms with E-state index < -0.39 is 5.62 Å². The fraction of sp³-hybridized carbons (Fsp3) is 0.625. The van der Waals surface area contributed by atoms with Crippen LogP contribution in [0.25, 0.3) is 0 Å². The summed E-state index contributed by atoms with van der Waals surface area (Å²) in [4.78, 5) is 0. The summed E-state index contributed by atoms with van der Waals surface area (Å²) in [7, 11) is 1.88. The molecule has 1 unspecified atom stereocenters. The fourth-order valence-electron chi connectivity index (χ4n) is 0.674. The average molecular weight is 269 g/mol. The van der Waals surface area contributed by atoms with Gasteiger partial charge in [-0.15, -0.1) is 0 Å². The van der Waals surface area contributed by atoms with Gasteiger partial charge in [-0.2, -0.15) is 0 Å². The van der Waals surface area contributed by atoms with Crippen LogP contribution in [-0.4, -0.2) is 29.6 Å². The molecule has 0 saturated heterocycles. The maximum atomic E-state index is 5.61. The first-order valence-electron chi connectivity index (χ1n) is 4.29. The van der Waals surface area contributed by atoms with Crippen LogP contribution in [0.5, 0.6) is 0 Å². The summed E-state index contributed by atoms with van der Waals surface area (Å²) in [5.74, 6) is 0.876. The number of hydrogen-bond donors (Lipinski definition) is 0. The van der Waals surface area contributed by atoms with Crippen molar-refractivity contribution < 1.29 is 4.52 Å². The van der Waals surface area contributed by atoms with Gasteiger partial charge in [-0.25, -0.2) is 0 Å². The van der Waals surface area contributed by atoms with E-state index in [4.69, 9.17) is 28.5 Å². The van der Waals surface area contributed by atoms with Gasteiger partial charge >= 0.3 is 0 Å². The third kappa shape index (κ3) is 4.89. The Kier molecular flexibility index (Phi) is 8.16. The highest BCUT2D eigenvalue weighted by atomic mass is 32.9. The minimum Gasteiger partial charge on any atom is -0.327 e. The molecule has 0 spiro atoms. The van der Waals surface area contributed by atoms with Crippen molar-refractivity contribution in [3.05, 3.63) is 12.2 Å². The van der Waals surface area contributed by atoms with E-state index in [-0.39, 0.29) is 0 Å². The SMILES string of the molecule is CC=CCSP(=S)(OCC)N(C)C=S. The minimum atomic E-state index is -1.97. The van der Waals surface area contributed by atoms with E-state index in [2.05, 4.69) is 6.08 Å². The van der Waals surface area contributed by atoms with Gasteiger partial charge in [0.1, 0.15) is 0 Å². The molecule has 82 valence electrons. The maximum Gasteiger partial charge on any atom is 0.213 e. The molecule has 6 heteroatoms. The van der Waals surface area contributed by atoms with Gasteiger partial charge in [-0.1, -0.05) is 35.8 Å². The molecule has 0 aliphatic carbocycles. The van der Waals surface area contributed by atoms with Crippen molar-refractivity contribution >= 4 is 46.5 Å². The van der Waals surface area contributed by atoms with Crippen LogP contribution in [0.2, 0.25) is 0 Å². The van der Waals surface area contributed by atoms with Gasteiger partial charge in [0.25, 0.3) is 0 Å². The van der Waals surface area contributed by atoms with Crippen LogP contribution in [0, 0.1) is 0 Å². The molecule has 2 nitrogen and oxygen atoms in total. The summed E-state index contributed by atoms with van der Waals surface area (Å²) in [6.45, 7) is 4.58. The lowest BCUT2D eigenvalue weighted by atomic mass is 10.6. The zero-order valence-corrected chi connectivity index (χ0v) is 12.0. The molecule has 0 saturated carbocycles. The van der Waals surface area contributed by atoms with Crippen molar-refractivity contribution in [2.24, 2.45) is 0 Å². The second kappa shape index (κ2) is 7.83. The Morgan fingerprint density at radius 1 is 1.57 bits per heavy atom. The topological polar surface area (TPSA) is 12.5 Å². The van der Waals surface area contributed by atoms with Gasteiger partial charge in [0, 0.05) is 12.8 Å². The van der Waals surface area contributed by atoms with Gasteiger partial charge in [-0.3, -0.25) is 0 Å². The summed E-state index contributed by atoms with van der Waals surface area (Å²) in [6.07, 6.45) is 4.08. The van der Waals surface area contributed by atoms with Crippen LogP contribution >= 0.6 is 29.2 Å². The molecular formula is C8H16NOPS3. The number of thiocarbonyl (C=S) groups is 1. The molecule has 0 rings (SSSR count). The van der Waals surface area contributed by atoms with Crippen molar-refractivity contribution in [3.63, 3.8) is 0 Å². The fourth-order valence-corrected chi connectivity index (χ4v) is 5.83. The summed E-state index contributed by atoms with van der Waals surface area (Å²) in [6, 6.07) is 0. The molecular weight excluding hydrogens is 253 g/mol. The maximum absolute atomic E-state index is 5.61. The van der Waals surface area contributed by atoms with E-state index in [0.29, 0.717) is 6.61 Å². The number of nitrogens with zero attached hydrogens (tertiary/aromatic N) is 1. The molecule has 14 heavy (non-hydrogen) atoms. The molecule has 0 aromatic heterocycles. The Bertz CT molecular complexity index is 245. The minimum absolute atomic E-state index is 0.633. The summed E-state index contributed by atoms with van der Waals surface area (Å²) >= 11 is 12.0. The third-order valence-electron chi connectivity index (χ3n) is 1.40. The highest BCUT2D eigenvalue weighted by Gasteiger charge is 2.21. The Hall–Kier alpha value is 0.590. The Balaban J connectivity index is 4.38. The zero-order valence-electron chi connectivity index (χ0n) is 8.67. The first kappa shape index (κ1) is 14.6. The van der Waals surface area contributed by atoms with Crippen LogP contribution in [-0.2, 0) is 16.3 Å². The molecule has 0 heterocycles. The Morgan fingerprint density at radius 2 is 2.21 bits per heavy atom. The standard InChI is InChI=1S/C8H16NOPS3/c1-4-6-7-14-11(13,10-5-2)9(3)8-12/h4,6,8H,5,7H2,1-3H3. The molecule has 0 bridgehead atoms. The average Bonchev–Trinajstić information content (AvgIpc) is 2.17. The first-order valence-corrected chi connectivity index (χ1v) is 9.03. The third-order valence-corrected chi connectivity index (χ3v) is 8.57. The predicted molar refractivity (Wildman–Crippen MR) is 74.6 cm³/mol. The van der Waals surface area contributed by atoms with Gasteiger partial charge in [0.2, 0.25) is 5.62 Å². The molecule has 0 fully saturated rings. The van der Waals surface area contributed by atoms with Gasteiger partial charge in [0.15, 0.2) is 0 Å². The van der Waals surface area contributed by atoms with E-state index >= 15 is 0 Å². The molecule has 0 aliphatic rings. The molecule has 0 aromatic rings. The highest BCUT2D eigenvalue weighted by Crippen LogP contribution is 2.61. The van der Waals surface area contributed by atoms with Gasteiger partial charge < -0.3 is 9.19 Å². The van der Waals surface area contributed by atoms with Gasteiger partial charge in [0.05, 0.1) is 12.1 Å². The van der Waals surface area contributed by atoms with Crippen LogP contribution in [0.3, 0.4) is 0 Å². The van der Waals surface area contributed by atoms with E-state index in [1.165, 1.54) is 0 Å². The number of allylic oxidation sites excluding steroid dienone is 1. The smallest absolute Gasteiger partial charge is 0.213 e. The molecule has 0 aromatic carbocycles. The highest BCUT2D eigenvalue weighted by molar-refractivity contribution is 8.68. The van der Waals surface area contributed by atoms with Crippen molar-refractivity contribution in [2.75, 3.05) is 19.4 Å². The van der Waals surface area contributed by atoms with E-state index in [9.17, 15) is 0 Å². The van der Waals surface area contributed by atoms with Crippen LogP contribution in [0.1, 0.15) is 13.8 Å². The van der Waals surface area contributed by atoms with E-state index in [0.717, 1.165) is 5.75 Å². The molecule has 0 N–H and O–H groups in total. The summed E-state index contributed by atoms with van der Waals surface area (Å²) in [5.41, 5.74) is -0.399. The molecule has 0 aliphatic heterocycles. The molecule has 0 amide bonds. The van der Waals surface area contributed by atoms with E-state index in [1.54, 1.807) is 16.9 Å². The molecule has 0 radical (unpaired) electrons. The van der Waals surface area contributed by atoms with Crippen molar-refractivity contribution in [2.45, 2.75) is 13.8 Å². The van der Waals surface area contributed by atoms with Crippen molar-refractivity contribution in [1.29, 1.82) is 0 Å². The zero-order chi connectivity index (χ0) is 11.0. The van der Waals surface area contributed by atoms with Crippen molar-refractivity contribution in [1.82, 2.24) is 4.67 Å². The van der Waals surface area contributed by atoms with E-state index in [1.807, 2.05) is 31.6 Å². The Labute approximate surface area is 101 Å². The Morgan fingerprint density at radius 3 is 2.64 bits per heavy atom. The monoisotopic (exact) mass is 269 g/mol. The van der Waals surface area contributed by atoms with Crippen molar-refractivity contribution in [3.8, 4) is 0 Å². The lowest BCUT2D eigenvalue weighted by molar-refractivity contribution is 0.369. The second-order valence-electron chi connectivity index (χ2n) is 2.43. The lowest BCUT2D eigenvalue weighted by Crippen LogP contribution is -2.11. The van der Waals surface area contributed by atoms with Crippen LogP contribution in [0.4, 0.5) is 0 Å². The lowest BCUT2D eigenvalue weighted by Gasteiger charge is -2.27. The number of rotatable bonds is 7. The summed E-state index contributed by atoms with van der Waals surface area (Å²) < 4.78 is 7.45.